The molecule has 0 bridgehead atoms. The Kier molecular flexibility index (Phi) is 6.04. The van der Waals surface area contributed by atoms with Gasteiger partial charge < -0.3 is 10.6 Å². The molecule has 0 radical (unpaired) electrons. The molecule has 3 nitrogen and oxygen atoms in total. The molecule has 1 saturated heterocycles. The lowest BCUT2D eigenvalue weighted by Gasteiger charge is -2.17. The summed E-state index contributed by atoms with van der Waals surface area (Å²) in [4.78, 5) is 4.29. The fourth-order valence-corrected chi connectivity index (χ4v) is 4.14. The SMILES string of the molecule is CN=C(NCC1CCCS1)NCC(C)c1ccsc1. The molecule has 1 fully saturated rings. The predicted octanol–water partition coefficient (Wildman–Crippen LogP) is 2.91. The van der Waals surface area contributed by atoms with Crippen LogP contribution in [0.1, 0.15) is 31.2 Å². The Morgan fingerprint density at radius 3 is 3.05 bits per heavy atom. The molecular weight excluding hydrogens is 274 g/mol. The Morgan fingerprint density at radius 2 is 2.42 bits per heavy atom. The zero-order valence-corrected chi connectivity index (χ0v) is 13.3. The summed E-state index contributed by atoms with van der Waals surface area (Å²) in [5, 5.41) is 12.0. The number of thioether (sulfide) groups is 1. The molecule has 0 aromatic carbocycles. The van der Waals surface area contributed by atoms with Crippen LogP contribution in [0.5, 0.6) is 0 Å². The third-order valence-corrected chi connectivity index (χ3v) is 5.53. The monoisotopic (exact) mass is 297 g/mol. The van der Waals surface area contributed by atoms with E-state index in [1.807, 2.05) is 7.05 Å². The molecule has 1 aromatic heterocycles. The summed E-state index contributed by atoms with van der Waals surface area (Å²) in [6.07, 6.45) is 2.69. The fourth-order valence-electron chi connectivity index (χ4n) is 2.16. The first-order chi connectivity index (χ1) is 9.29. The van der Waals surface area contributed by atoms with E-state index in [1.54, 1.807) is 11.3 Å². The number of rotatable bonds is 5. The summed E-state index contributed by atoms with van der Waals surface area (Å²) >= 11 is 3.83. The molecule has 1 aliphatic heterocycles. The first kappa shape index (κ1) is 14.7. The van der Waals surface area contributed by atoms with E-state index >= 15 is 0 Å². The molecule has 0 aliphatic carbocycles. The van der Waals surface area contributed by atoms with Gasteiger partial charge in [0, 0.05) is 25.4 Å². The molecule has 5 heteroatoms. The second-order valence-corrected chi connectivity index (χ2v) is 7.12. The van der Waals surface area contributed by atoms with Crippen LogP contribution < -0.4 is 10.6 Å². The van der Waals surface area contributed by atoms with Crippen molar-refractivity contribution in [2.75, 3.05) is 25.9 Å². The number of guanidine groups is 1. The van der Waals surface area contributed by atoms with Crippen molar-refractivity contribution in [2.45, 2.75) is 30.9 Å². The number of nitrogens with zero attached hydrogens (tertiary/aromatic N) is 1. The first-order valence-corrected chi connectivity index (χ1v) is 8.87. The lowest BCUT2D eigenvalue weighted by Crippen LogP contribution is -2.41. The molecule has 2 atom stereocenters. The molecule has 0 spiro atoms. The van der Waals surface area contributed by atoms with E-state index < -0.39 is 0 Å². The summed E-state index contributed by atoms with van der Waals surface area (Å²) in [5.41, 5.74) is 1.40. The minimum absolute atomic E-state index is 0.519. The van der Waals surface area contributed by atoms with Gasteiger partial charge in [-0.2, -0.15) is 23.1 Å². The van der Waals surface area contributed by atoms with Crippen LogP contribution in [0, 0.1) is 0 Å². The number of hydrogen-bond donors (Lipinski definition) is 2. The highest BCUT2D eigenvalue weighted by Crippen LogP contribution is 2.25. The maximum absolute atomic E-state index is 4.29. The van der Waals surface area contributed by atoms with E-state index in [0.717, 1.165) is 24.3 Å². The highest BCUT2D eigenvalue weighted by molar-refractivity contribution is 8.00. The van der Waals surface area contributed by atoms with E-state index in [0.29, 0.717) is 5.92 Å². The normalized spacial score (nSPS) is 21.4. The van der Waals surface area contributed by atoms with E-state index in [-0.39, 0.29) is 0 Å². The number of aliphatic imine (C=N–C) groups is 1. The molecule has 106 valence electrons. The molecule has 1 aromatic rings. The zero-order valence-electron chi connectivity index (χ0n) is 11.7. The van der Waals surface area contributed by atoms with Gasteiger partial charge in [0.15, 0.2) is 5.96 Å². The minimum Gasteiger partial charge on any atom is -0.356 e. The van der Waals surface area contributed by atoms with E-state index in [1.165, 1.54) is 24.2 Å². The quantitative estimate of drug-likeness (QED) is 0.648. The van der Waals surface area contributed by atoms with Gasteiger partial charge in [0.05, 0.1) is 0 Å². The maximum atomic E-state index is 4.29. The fraction of sp³-hybridized carbons (Fsp3) is 0.643. The van der Waals surface area contributed by atoms with Crippen LogP contribution >= 0.6 is 23.1 Å². The van der Waals surface area contributed by atoms with Gasteiger partial charge in [-0.25, -0.2) is 0 Å². The van der Waals surface area contributed by atoms with Crippen molar-refractivity contribution in [1.29, 1.82) is 0 Å². The van der Waals surface area contributed by atoms with Gasteiger partial charge >= 0.3 is 0 Å². The van der Waals surface area contributed by atoms with Crippen LogP contribution in [0.3, 0.4) is 0 Å². The van der Waals surface area contributed by atoms with Gasteiger partial charge in [-0.3, -0.25) is 4.99 Å². The van der Waals surface area contributed by atoms with Gasteiger partial charge in [0.2, 0.25) is 0 Å². The van der Waals surface area contributed by atoms with Gasteiger partial charge in [0.1, 0.15) is 0 Å². The van der Waals surface area contributed by atoms with Crippen molar-refractivity contribution in [3.8, 4) is 0 Å². The van der Waals surface area contributed by atoms with Crippen LogP contribution in [0.25, 0.3) is 0 Å². The van der Waals surface area contributed by atoms with Crippen LogP contribution in [0.2, 0.25) is 0 Å². The van der Waals surface area contributed by atoms with Gasteiger partial charge in [0.25, 0.3) is 0 Å². The number of thiophene rings is 1. The van der Waals surface area contributed by atoms with E-state index in [9.17, 15) is 0 Å². The molecule has 2 heterocycles. The molecule has 2 unspecified atom stereocenters. The third-order valence-electron chi connectivity index (χ3n) is 3.43. The number of hydrogen-bond acceptors (Lipinski definition) is 3. The van der Waals surface area contributed by atoms with Crippen LogP contribution in [-0.2, 0) is 0 Å². The largest absolute Gasteiger partial charge is 0.356 e. The van der Waals surface area contributed by atoms with Crippen LogP contribution in [-0.4, -0.2) is 37.1 Å². The van der Waals surface area contributed by atoms with Crippen molar-refractivity contribution in [3.63, 3.8) is 0 Å². The summed E-state index contributed by atoms with van der Waals surface area (Å²) in [5.74, 6) is 2.76. The average molecular weight is 297 g/mol. The van der Waals surface area contributed by atoms with Crippen molar-refractivity contribution >= 4 is 29.1 Å². The second kappa shape index (κ2) is 7.80. The van der Waals surface area contributed by atoms with Crippen molar-refractivity contribution < 1.29 is 0 Å². The number of nitrogens with one attached hydrogen (secondary N) is 2. The lowest BCUT2D eigenvalue weighted by molar-refractivity contribution is 0.687. The Hall–Kier alpha value is -0.680. The lowest BCUT2D eigenvalue weighted by atomic mass is 10.1. The highest BCUT2D eigenvalue weighted by Gasteiger charge is 2.15. The topological polar surface area (TPSA) is 36.4 Å². The molecule has 19 heavy (non-hydrogen) atoms. The van der Waals surface area contributed by atoms with Crippen LogP contribution in [0.4, 0.5) is 0 Å². The Balaban J connectivity index is 1.70. The Morgan fingerprint density at radius 1 is 1.53 bits per heavy atom. The third kappa shape index (κ3) is 4.73. The average Bonchev–Trinajstić information content (AvgIpc) is 3.11. The molecule has 0 amide bonds. The molecule has 2 rings (SSSR count). The first-order valence-electron chi connectivity index (χ1n) is 6.88. The Bertz CT molecular complexity index is 383. The molecule has 2 N–H and O–H groups in total. The van der Waals surface area contributed by atoms with Crippen molar-refractivity contribution in [3.05, 3.63) is 22.4 Å². The summed E-state index contributed by atoms with van der Waals surface area (Å²) in [6.45, 7) is 4.19. The van der Waals surface area contributed by atoms with Crippen molar-refractivity contribution in [2.24, 2.45) is 4.99 Å². The smallest absolute Gasteiger partial charge is 0.191 e. The molecule has 1 aliphatic rings. The highest BCUT2D eigenvalue weighted by atomic mass is 32.2. The summed E-state index contributed by atoms with van der Waals surface area (Å²) in [6, 6.07) is 2.20. The zero-order chi connectivity index (χ0) is 13.5. The van der Waals surface area contributed by atoms with E-state index in [2.05, 4.69) is 51.1 Å². The summed E-state index contributed by atoms with van der Waals surface area (Å²) < 4.78 is 0. The van der Waals surface area contributed by atoms with Gasteiger partial charge in [-0.1, -0.05) is 6.92 Å². The van der Waals surface area contributed by atoms with E-state index in [4.69, 9.17) is 0 Å². The second-order valence-electron chi connectivity index (χ2n) is 4.93. The van der Waals surface area contributed by atoms with Gasteiger partial charge in [-0.05, 0) is 46.9 Å². The standard InChI is InChI=1S/C14H23N3S2/c1-11(12-5-7-18-10-12)8-16-14(15-2)17-9-13-4-3-6-19-13/h5,7,10-11,13H,3-4,6,8-9H2,1-2H3,(H2,15,16,17). The van der Waals surface area contributed by atoms with Crippen molar-refractivity contribution in [1.82, 2.24) is 10.6 Å². The predicted molar refractivity (Wildman–Crippen MR) is 87.6 cm³/mol. The summed E-state index contributed by atoms with van der Waals surface area (Å²) in [7, 11) is 1.84. The van der Waals surface area contributed by atoms with Gasteiger partial charge in [-0.15, -0.1) is 0 Å². The minimum atomic E-state index is 0.519. The Labute approximate surface area is 124 Å². The van der Waals surface area contributed by atoms with Crippen LogP contribution in [0.15, 0.2) is 21.8 Å². The molecular formula is C14H23N3S2. The maximum Gasteiger partial charge on any atom is 0.191 e. The molecule has 0 saturated carbocycles.